The van der Waals surface area contributed by atoms with Gasteiger partial charge in [0.1, 0.15) is 11.6 Å². The van der Waals surface area contributed by atoms with Gasteiger partial charge in [0.05, 0.1) is 7.11 Å². The molecule has 0 bridgehead atoms. The van der Waals surface area contributed by atoms with Gasteiger partial charge in [0, 0.05) is 7.05 Å². The van der Waals surface area contributed by atoms with Gasteiger partial charge in [-0.25, -0.2) is 9.86 Å². The van der Waals surface area contributed by atoms with Crippen molar-refractivity contribution in [3.63, 3.8) is 0 Å². The van der Waals surface area contributed by atoms with Crippen molar-refractivity contribution in [2.24, 2.45) is 5.92 Å². The van der Waals surface area contributed by atoms with Crippen molar-refractivity contribution < 1.29 is 19.2 Å². The highest BCUT2D eigenvalue weighted by Gasteiger charge is 2.29. The first-order valence-electron chi connectivity index (χ1n) is 8.04. The molecule has 2 amide bonds. The molecule has 0 radical (unpaired) electrons. The number of hydrogen-bond acceptors (Lipinski definition) is 4. The Labute approximate surface area is 133 Å². The number of ether oxygens (including phenoxy) is 1. The zero-order valence-corrected chi connectivity index (χ0v) is 14.5. The number of hydroxylamine groups is 2. The minimum absolute atomic E-state index is 0.251. The minimum atomic E-state index is -0.608. The summed E-state index contributed by atoms with van der Waals surface area (Å²) < 4.78 is 5.26. The number of alkyl carbamates (subject to hydrolysis) is 1. The van der Waals surface area contributed by atoms with Gasteiger partial charge in [0.2, 0.25) is 0 Å². The Morgan fingerprint density at radius 3 is 2.32 bits per heavy atom. The minimum Gasteiger partial charge on any atom is -0.444 e. The van der Waals surface area contributed by atoms with E-state index in [0.717, 1.165) is 17.9 Å². The molecule has 22 heavy (non-hydrogen) atoms. The summed E-state index contributed by atoms with van der Waals surface area (Å²) in [7, 11) is 2.98. The van der Waals surface area contributed by atoms with Gasteiger partial charge in [0.25, 0.3) is 5.91 Å². The van der Waals surface area contributed by atoms with Crippen LogP contribution in [0.2, 0.25) is 0 Å². The molecule has 1 fully saturated rings. The number of likely N-dealkylation sites (N-methyl/N-ethyl adjacent to an activating group) is 1. The molecule has 0 heterocycles. The molecule has 1 aliphatic rings. The lowest BCUT2D eigenvalue weighted by atomic mass is 9.84. The van der Waals surface area contributed by atoms with Crippen LogP contribution in [0.5, 0.6) is 0 Å². The third-order valence-electron chi connectivity index (χ3n) is 3.87. The molecule has 6 nitrogen and oxygen atoms in total. The Bertz CT molecular complexity index is 373. The van der Waals surface area contributed by atoms with E-state index in [1.54, 1.807) is 27.8 Å². The van der Waals surface area contributed by atoms with Crippen LogP contribution in [-0.2, 0) is 14.4 Å². The van der Waals surface area contributed by atoms with Crippen molar-refractivity contribution in [2.75, 3.05) is 14.2 Å². The van der Waals surface area contributed by atoms with E-state index < -0.39 is 17.7 Å². The second-order valence-electron chi connectivity index (χ2n) is 6.96. The zero-order valence-electron chi connectivity index (χ0n) is 14.5. The SMILES string of the molecule is CON(C)C(=O)[C@H](CC1CCCCC1)NC(=O)OC(C)(C)C. The number of carbonyl (C=O) groups excluding carboxylic acids is 2. The van der Waals surface area contributed by atoms with Crippen LogP contribution in [0.15, 0.2) is 0 Å². The van der Waals surface area contributed by atoms with Crippen LogP contribution >= 0.6 is 0 Å². The molecular formula is C16H30N2O4. The fraction of sp³-hybridized carbons (Fsp3) is 0.875. The quantitative estimate of drug-likeness (QED) is 0.792. The number of nitrogens with one attached hydrogen (secondary N) is 1. The topological polar surface area (TPSA) is 67.9 Å². The van der Waals surface area contributed by atoms with E-state index >= 15 is 0 Å². The predicted octanol–water partition coefficient (Wildman–Crippen LogP) is 2.87. The van der Waals surface area contributed by atoms with E-state index in [1.165, 1.54) is 26.4 Å². The van der Waals surface area contributed by atoms with Crippen LogP contribution in [0, 0.1) is 5.92 Å². The maximum absolute atomic E-state index is 12.4. The third-order valence-corrected chi connectivity index (χ3v) is 3.87. The van der Waals surface area contributed by atoms with E-state index in [0.29, 0.717) is 12.3 Å². The lowest BCUT2D eigenvalue weighted by Crippen LogP contribution is -2.49. The van der Waals surface area contributed by atoms with Crippen LogP contribution in [0.25, 0.3) is 0 Å². The van der Waals surface area contributed by atoms with Crippen molar-refractivity contribution in [1.29, 1.82) is 0 Å². The van der Waals surface area contributed by atoms with Gasteiger partial charge in [-0.2, -0.15) is 0 Å². The molecule has 1 saturated carbocycles. The normalized spacial score (nSPS) is 17.7. The molecular weight excluding hydrogens is 284 g/mol. The molecule has 0 aromatic rings. The molecule has 1 rings (SSSR count). The number of hydrogen-bond donors (Lipinski definition) is 1. The second-order valence-corrected chi connectivity index (χ2v) is 6.96. The van der Waals surface area contributed by atoms with Gasteiger partial charge in [-0.1, -0.05) is 32.1 Å². The summed E-state index contributed by atoms with van der Waals surface area (Å²) in [4.78, 5) is 29.3. The van der Waals surface area contributed by atoms with Crippen molar-refractivity contribution in [3.05, 3.63) is 0 Å². The maximum atomic E-state index is 12.4. The van der Waals surface area contributed by atoms with Gasteiger partial charge in [-0.05, 0) is 33.1 Å². The fourth-order valence-corrected chi connectivity index (χ4v) is 2.74. The third kappa shape index (κ3) is 6.64. The average Bonchev–Trinajstić information content (AvgIpc) is 2.44. The Morgan fingerprint density at radius 2 is 1.82 bits per heavy atom. The summed E-state index contributed by atoms with van der Waals surface area (Å²) in [6.45, 7) is 5.39. The molecule has 0 aliphatic heterocycles. The van der Waals surface area contributed by atoms with E-state index in [-0.39, 0.29) is 5.91 Å². The van der Waals surface area contributed by atoms with Gasteiger partial charge in [-0.3, -0.25) is 9.63 Å². The Balaban J connectivity index is 2.68. The number of carbonyl (C=O) groups is 2. The number of nitrogens with zero attached hydrogens (tertiary/aromatic N) is 1. The van der Waals surface area contributed by atoms with Crippen LogP contribution in [-0.4, -0.2) is 42.9 Å². The molecule has 0 aromatic carbocycles. The number of rotatable bonds is 5. The van der Waals surface area contributed by atoms with E-state index in [2.05, 4.69) is 5.32 Å². The lowest BCUT2D eigenvalue weighted by Gasteiger charge is -2.29. The molecule has 128 valence electrons. The van der Waals surface area contributed by atoms with E-state index in [1.807, 2.05) is 0 Å². The summed E-state index contributed by atoms with van der Waals surface area (Å²) in [6, 6.07) is -0.608. The highest BCUT2D eigenvalue weighted by molar-refractivity contribution is 5.84. The number of amides is 2. The van der Waals surface area contributed by atoms with Crippen molar-refractivity contribution in [2.45, 2.75) is 70.9 Å². The smallest absolute Gasteiger partial charge is 0.408 e. The summed E-state index contributed by atoms with van der Waals surface area (Å²) in [6.07, 6.45) is 5.92. The highest BCUT2D eigenvalue weighted by Crippen LogP contribution is 2.27. The molecule has 0 aromatic heterocycles. The van der Waals surface area contributed by atoms with Crippen LogP contribution in [0.1, 0.15) is 59.3 Å². The van der Waals surface area contributed by atoms with Crippen LogP contribution in [0.3, 0.4) is 0 Å². The second kappa shape index (κ2) is 8.36. The first kappa shape index (κ1) is 18.7. The van der Waals surface area contributed by atoms with Gasteiger partial charge in [0.15, 0.2) is 0 Å². The summed E-state index contributed by atoms with van der Waals surface area (Å²) >= 11 is 0. The standard InChI is InChI=1S/C16H30N2O4/c1-16(2,3)22-15(20)17-13(14(19)18(4)21-5)11-12-9-7-6-8-10-12/h12-13H,6-11H2,1-5H3,(H,17,20)/t13-/m0/s1. The first-order valence-corrected chi connectivity index (χ1v) is 8.04. The Kier molecular flexibility index (Phi) is 7.13. The van der Waals surface area contributed by atoms with E-state index in [9.17, 15) is 9.59 Å². The highest BCUT2D eigenvalue weighted by atomic mass is 16.7. The summed E-state index contributed by atoms with van der Waals surface area (Å²) in [5, 5.41) is 3.86. The van der Waals surface area contributed by atoms with Gasteiger partial charge in [-0.15, -0.1) is 0 Å². The van der Waals surface area contributed by atoms with Crippen molar-refractivity contribution >= 4 is 12.0 Å². The molecule has 0 unspecified atom stereocenters. The van der Waals surface area contributed by atoms with Gasteiger partial charge >= 0.3 is 6.09 Å². The zero-order chi connectivity index (χ0) is 16.8. The molecule has 1 N–H and O–H groups in total. The van der Waals surface area contributed by atoms with Crippen LogP contribution in [0.4, 0.5) is 4.79 Å². The fourth-order valence-electron chi connectivity index (χ4n) is 2.74. The molecule has 0 saturated heterocycles. The molecule has 6 heteroatoms. The molecule has 0 spiro atoms. The van der Waals surface area contributed by atoms with Crippen molar-refractivity contribution in [1.82, 2.24) is 10.4 Å². The van der Waals surface area contributed by atoms with Gasteiger partial charge < -0.3 is 10.1 Å². The Morgan fingerprint density at radius 1 is 1.23 bits per heavy atom. The average molecular weight is 314 g/mol. The maximum Gasteiger partial charge on any atom is 0.408 e. The summed E-state index contributed by atoms with van der Waals surface area (Å²) in [5.74, 6) is 0.210. The monoisotopic (exact) mass is 314 g/mol. The lowest BCUT2D eigenvalue weighted by molar-refractivity contribution is -0.171. The largest absolute Gasteiger partial charge is 0.444 e. The predicted molar refractivity (Wildman–Crippen MR) is 84.1 cm³/mol. The van der Waals surface area contributed by atoms with Crippen molar-refractivity contribution in [3.8, 4) is 0 Å². The van der Waals surface area contributed by atoms with E-state index in [4.69, 9.17) is 9.57 Å². The van der Waals surface area contributed by atoms with Crippen LogP contribution < -0.4 is 5.32 Å². The first-order chi connectivity index (χ1) is 10.2. The molecule has 1 atom stereocenters. The summed E-state index contributed by atoms with van der Waals surface area (Å²) in [5.41, 5.74) is -0.588. The Hall–Kier alpha value is -1.30. The molecule has 1 aliphatic carbocycles.